The number of pyridine rings is 1. The molecule has 1 aliphatic heterocycles. The van der Waals surface area contributed by atoms with Crippen LogP contribution in [-0.2, 0) is 22.5 Å². The van der Waals surface area contributed by atoms with Gasteiger partial charge in [0.15, 0.2) is 0 Å². The largest absolute Gasteiger partial charge is 0.452 e. The van der Waals surface area contributed by atoms with E-state index in [2.05, 4.69) is 34.6 Å². The Labute approximate surface area is 211 Å². The molecular formula is C28H33N3O3S. The monoisotopic (exact) mass is 491 g/mol. The summed E-state index contributed by atoms with van der Waals surface area (Å²) in [6.07, 6.45) is 4.57. The van der Waals surface area contributed by atoms with Crippen LogP contribution >= 0.6 is 11.8 Å². The summed E-state index contributed by atoms with van der Waals surface area (Å²) in [5, 5.41) is 5.72. The molecule has 6 nitrogen and oxygen atoms in total. The van der Waals surface area contributed by atoms with Gasteiger partial charge in [0.25, 0.3) is 0 Å². The first kappa shape index (κ1) is 25.2. The lowest BCUT2D eigenvalue weighted by Crippen LogP contribution is -2.41. The highest BCUT2D eigenvalue weighted by atomic mass is 32.2. The lowest BCUT2D eigenvalue weighted by atomic mass is 10.0. The zero-order valence-corrected chi connectivity index (χ0v) is 21.4. The van der Waals surface area contributed by atoms with Crippen molar-refractivity contribution in [3.63, 3.8) is 0 Å². The molecule has 2 aromatic carbocycles. The fourth-order valence-electron chi connectivity index (χ4n) is 4.37. The average molecular weight is 492 g/mol. The normalized spacial score (nSPS) is 17.9. The quantitative estimate of drug-likeness (QED) is 0.458. The summed E-state index contributed by atoms with van der Waals surface area (Å²) in [5.74, 6) is 0.0657. The van der Waals surface area contributed by atoms with E-state index in [1.165, 1.54) is 11.8 Å². The molecular weight excluding hydrogens is 458 g/mol. The Bertz CT molecular complexity index is 1160. The van der Waals surface area contributed by atoms with Gasteiger partial charge in [-0.3, -0.25) is 9.78 Å². The van der Waals surface area contributed by atoms with Gasteiger partial charge < -0.3 is 15.0 Å². The first-order chi connectivity index (χ1) is 16.8. The van der Waals surface area contributed by atoms with Gasteiger partial charge in [0.05, 0.1) is 6.42 Å². The minimum atomic E-state index is -0.497. The molecule has 1 fully saturated rings. The van der Waals surface area contributed by atoms with Gasteiger partial charge in [-0.1, -0.05) is 48.5 Å². The number of carbonyl (C=O) groups is 2. The third-order valence-electron chi connectivity index (χ3n) is 5.95. The van der Waals surface area contributed by atoms with E-state index in [4.69, 9.17) is 4.74 Å². The molecule has 0 spiro atoms. The maximum Gasteiger partial charge on any atom is 0.368 e. The predicted molar refractivity (Wildman–Crippen MR) is 141 cm³/mol. The zero-order chi connectivity index (χ0) is 24.8. The molecule has 184 valence electrons. The highest BCUT2D eigenvalue weighted by molar-refractivity contribution is 8.13. The summed E-state index contributed by atoms with van der Waals surface area (Å²) in [4.78, 5) is 31.8. The Morgan fingerprint density at radius 3 is 2.69 bits per heavy atom. The predicted octanol–water partition coefficient (Wildman–Crippen LogP) is 5.20. The lowest BCUT2D eigenvalue weighted by molar-refractivity contribution is -0.131. The maximum absolute atomic E-state index is 13.4. The minimum Gasteiger partial charge on any atom is -0.452 e. The summed E-state index contributed by atoms with van der Waals surface area (Å²) in [6.45, 7) is 7.45. The van der Waals surface area contributed by atoms with Crippen molar-refractivity contribution in [2.45, 2.75) is 57.1 Å². The number of hydrogen-bond donors (Lipinski definition) is 1. The topological polar surface area (TPSA) is 71.5 Å². The first-order valence-electron chi connectivity index (χ1n) is 12.0. The number of rotatable bonds is 7. The van der Waals surface area contributed by atoms with Crippen LogP contribution in [-0.4, -0.2) is 51.1 Å². The van der Waals surface area contributed by atoms with Crippen molar-refractivity contribution in [1.29, 1.82) is 0 Å². The van der Waals surface area contributed by atoms with Crippen LogP contribution in [0.15, 0.2) is 67.0 Å². The third kappa shape index (κ3) is 7.29. The number of nitrogens with one attached hydrogen (secondary N) is 1. The van der Waals surface area contributed by atoms with Gasteiger partial charge in [0.2, 0.25) is 5.91 Å². The number of aromatic nitrogens is 1. The van der Waals surface area contributed by atoms with E-state index in [0.717, 1.165) is 28.3 Å². The Hall–Kier alpha value is -2.90. The van der Waals surface area contributed by atoms with Crippen LogP contribution in [0.3, 0.4) is 0 Å². The molecule has 1 saturated heterocycles. The molecule has 1 amide bonds. The fraction of sp³-hybridized carbons (Fsp3) is 0.393. The first-order valence-corrected chi connectivity index (χ1v) is 12.9. The number of amides is 1. The van der Waals surface area contributed by atoms with Crippen LogP contribution in [0.1, 0.15) is 38.3 Å². The van der Waals surface area contributed by atoms with Crippen LogP contribution in [0.2, 0.25) is 0 Å². The van der Waals surface area contributed by atoms with E-state index < -0.39 is 5.60 Å². The van der Waals surface area contributed by atoms with Crippen LogP contribution in [0.5, 0.6) is 0 Å². The van der Waals surface area contributed by atoms with Crippen molar-refractivity contribution in [1.82, 2.24) is 15.2 Å². The smallest absolute Gasteiger partial charge is 0.368 e. The van der Waals surface area contributed by atoms with Crippen molar-refractivity contribution in [3.8, 4) is 0 Å². The second kappa shape index (κ2) is 11.2. The van der Waals surface area contributed by atoms with Crippen LogP contribution in [0.25, 0.3) is 10.8 Å². The number of hydrogen-bond acceptors (Lipinski definition) is 6. The second-order valence-electron chi connectivity index (χ2n) is 10.00. The summed E-state index contributed by atoms with van der Waals surface area (Å²) >= 11 is 1.25. The van der Waals surface area contributed by atoms with Crippen LogP contribution in [0, 0.1) is 0 Å². The number of nitrogens with zero attached hydrogens (tertiary/aromatic N) is 2. The van der Waals surface area contributed by atoms with Gasteiger partial charge in [-0.25, -0.2) is 4.79 Å². The molecule has 0 aliphatic carbocycles. The van der Waals surface area contributed by atoms with Crippen molar-refractivity contribution < 1.29 is 14.3 Å². The van der Waals surface area contributed by atoms with E-state index in [1.807, 2.05) is 56.0 Å². The van der Waals surface area contributed by atoms with Gasteiger partial charge in [-0.05, 0) is 66.9 Å². The number of benzene rings is 2. The molecule has 0 bridgehead atoms. The Kier molecular flexibility index (Phi) is 8.08. The van der Waals surface area contributed by atoms with Crippen LogP contribution in [0.4, 0.5) is 4.79 Å². The van der Waals surface area contributed by atoms with Crippen molar-refractivity contribution in [2.24, 2.45) is 0 Å². The molecule has 0 saturated carbocycles. The fourth-order valence-corrected chi connectivity index (χ4v) is 5.45. The highest BCUT2D eigenvalue weighted by Gasteiger charge is 2.31. The molecule has 1 N–H and O–H groups in total. The highest BCUT2D eigenvalue weighted by Crippen LogP contribution is 2.27. The number of thioether (sulfide) groups is 1. The lowest BCUT2D eigenvalue weighted by Gasteiger charge is -2.27. The number of ether oxygens (including phenoxy) is 1. The Balaban J connectivity index is 1.47. The van der Waals surface area contributed by atoms with E-state index in [1.54, 1.807) is 12.4 Å². The van der Waals surface area contributed by atoms with E-state index in [0.29, 0.717) is 26.1 Å². The molecule has 3 aromatic rings. The SMILES string of the molecule is CC(C)(C)OC(=O)S[C@@H]1CN[C@H](CN(Cc2cccc3ccccc23)C(=O)Cc2cccnc2)C1. The minimum absolute atomic E-state index is 0.0657. The summed E-state index contributed by atoms with van der Waals surface area (Å²) in [6, 6.07) is 18.4. The van der Waals surface area contributed by atoms with Crippen molar-refractivity contribution in [3.05, 3.63) is 78.1 Å². The van der Waals surface area contributed by atoms with Gasteiger partial charge in [0, 0.05) is 43.3 Å². The van der Waals surface area contributed by atoms with Gasteiger partial charge in [-0.15, -0.1) is 0 Å². The Morgan fingerprint density at radius 2 is 1.91 bits per heavy atom. The number of carbonyl (C=O) groups excluding carboxylic acids is 2. The molecule has 2 atom stereocenters. The standard InChI is InChI=1S/C28H33N3O3S/c1-28(2,3)34-27(33)35-24-15-23(30-17-24)19-31(26(32)14-20-8-7-13-29-16-20)18-22-11-6-10-21-9-4-5-12-25(21)22/h4-13,16,23-24,30H,14-15,17-19H2,1-3H3/t23-,24-/m0/s1. The van der Waals surface area contributed by atoms with E-state index in [9.17, 15) is 9.59 Å². The summed E-state index contributed by atoms with van der Waals surface area (Å²) < 4.78 is 5.47. The average Bonchev–Trinajstić information content (AvgIpc) is 3.24. The van der Waals surface area contributed by atoms with E-state index in [-0.39, 0.29) is 22.5 Å². The molecule has 2 heterocycles. The van der Waals surface area contributed by atoms with Crippen molar-refractivity contribution >= 4 is 33.7 Å². The molecule has 1 aliphatic rings. The second-order valence-corrected chi connectivity index (χ2v) is 11.2. The zero-order valence-electron chi connectivity index (χ0n) is 20.6. The van der Waals surface area contributed by atoms with Gasteiger partial charge in [-0.2, -0.15) is 0 Å². The van der Waals surface area contributed by atoms with Gasteiger partial charge in [0.1, 0.15) is 5.60 Å². The van der Waals surface area contributed by atoms with Gasteiger partial charge >= 0.3 is 5.30 Å². The molecule has 4 rings (SSSR count). The summed E-state index contributed by atoms with van der Waals surface area (Å²) in [5.41, 5.74) is 1.53. The molecule has 1 aromatic heterocycles. The third-order valence-corrected chi connectivity index (χ3v) is 6.92. The van der Waals surface area contributed by atoms with E-state index >= 15 is 0 Å². The maximum atomic E-state index is 13.4. The van der Waals surface area contributed by atoms with Crippen LogP contribution < -0.4 is 5.32 Å². The summed E-state index contributed by atoms with van der Waals surface area (Å²) in [7, 11) is 0. The van der Waals surface area contributed by atoms with Crippen molar-refractivity contribution in [2.75, 3.05) is 13.1 Å². The molecule has 7 heteroatoms. The molecule has 0 radical (unpaired) electrons. The molecule has 0 unspecified atom stereocenters. The Morgan fingerprint density at radius 1 is 1.11 bits per heavy atom. The number of fused-ring (bicyclic) bond motifs is 1. The molecule has 35 heavy (non-hydrogen) atoms.